The van der Waals surface area contributed by atoms with Crippen LogP contribution in [0.15, 0.2) is 85.3 Å². The van der Waals surface area contributed by atoms with Gasteiger partial charge in [-0.15, -0.1) is 11.8 Å². The number of amides is 1. The van der Waals surface area contributed by atoms with Crippen LogP contribution in [0, 0.1) is 0 Å². The highest BCUT2D eigenvalue weighted by atomic mass is 35.5. The Bertz CT molecular complexity index is 1200. The van der Waals surface area contributed by atoms with Crippen molar-refractivity contribution in [2.75, 3.05) is 5.75 Å². The summed E-state index contributed by atoms with van der Waals surface area (Å²) in [5.41, 5.74) is 4.80. The first-order chi connectivity index (χ1) is 15.2. The summed E-state index contributed by atoms with van der Waals surface area (Å²) in [6.07, 6.45) is 5.58. The van der Waals surface area contributed by atoms with Gasteiger partial charge in [-0.25, -0.2) is 4.68 Å². The fraction of sp³-hybridized carbons (Fsp3) is 0.125. The molecule has 1 aliphatic heterocycles. The number of carbonyl (C=O) groups excluding carboxylic acids is 1. The predicted molar refractivity (Wildman–Crippen MR) is 124 cm³/mol. The van der Waals surface area contributed by atoms with E-state index in [1.807, 2.05) is 82.5 Å². The Kier molecular flexibility index (Phi) is 5.49. The summed E-state index contributed by atoms with van der Waals surface area (Å²) in [6, 6.07) is 21.5. The van der Waals surface area contributed by atoms with E-state index in [-0.39, 0.29) is 11.3 Å². The smallest absolute Gasteiger partial charge is 0.234 e. The SMILES string of the molecule is O=C1CS[C@H](c2cn(-c3ccccc3)nc2-c2ccc(Cl)cc2)N1Cc1cccnc1. The fourth-order valence-corrected chi connectivity index (χ4v) is 5.00. The first-order valence-electron chi connectivity index (χ1n) is 9.90. The van der Waals surface area contributed by atoms with Gasteiger partial charge in [0.15, 0.2) is 0 Å². The van der Waals surface area contributed by atoms with Gasteiger partial charge in [-0.2, -0.15) is 5.10 Å². The van der Waals surface area contributed by atoms with Crippen molar-refractivity contribution in [1.82, 2.24) is 19.7 Å². The number of benzene rings is 2. The number of rotatable bonds is 5. The lowest BCUT2D eigenvalue weighted by Gasteiger charge is -2.24. The molecule has 0 bridgehead atoms. The molecule has 0 radical (unpaired) electrons. The van der Waals surface area contributed by atoms with E-state index in [4.69, 9.17) is 16.7 Å². The van der Waals surface area contributed by atoms with Crippen LogP contribution in [0.1, 0.15) is 16.5 Å². The molecule has 0 spiro atoms. The molecule has 1 fully saturated rings. The molecule has 154 valence electrons. The number of hydrogen-bond acceptors (Lipinski definition) is 4. The second-order valence-corrected chi connectivity index (χ2v) is 8.77. The molecule has 2 aromatic heterocycles. The summed E-state index contributed by atoms with van der Waals surface area (Å²) in [5.74, 6) is 0.565. The first-order valence-corrected chi connectivity index (χ1v) is 11.3. The van der Waals surface area contributed by atoms with Gasteiger partial charge in [-0.05, 0) is 35.9 Å². The molecule has 0 aliphatic carbocycles. The van der Waals surface area contributed by atoms with Crippen LogP contribution in [0.4, 0.5) is 0 Å². The molecule has 0 unspecified atom stereocenters. The molecule has 31 heavy (non-hydrogen) atoms. The van der Waals surface area contributed by atoms with Crippen molar-refractivity contribution < 1.29 is 4.79 Å². The van der Waals surface area contributed by atoms with E-state index < -0.39 is 0 Å². The van der Waals surface area contributed by atoms with Crippen LogP contribution in [-0.4, -0.2) is 31.3 Å². The van der Waals surface area contributed by atoms with Gasteiger partial charge in [0.2, 0.25) is 5.91 Å². The average Bonchev–Trinajstić information content (AvgIpc) is 3.40. The monoisotopic (exact) mass is 446 g/mol. The maximum Gasteiger partial charge on any atom is 0.234 e. The van der Waals surface area contributed by atoms with E-state index in [0.29, 0.717) is 17.3 Å². The van der Waals surface area contributed by atoms with Crippen molar-refractivity contribution in [1.29, 1.82) is 0 Å². The zero-order valence-corrected chi connectivity index (χ0v) is 18.1. The van der Waals surface area contributed by atoms with Gasteiger partial charge >= 0.3 is 0 Å². The molecule has 0 N–H and O–H groups in total. The van der Waals surface area contributed by atoms with Crippen LogP contribution in [0.3, 0.4) is 0 Å². The summed E-state index contributed by atoms with van der Waals surface area (Å²) < 4.78 is 1.88. The third-order valence-corrected chi connectivity index (χ3v) is 6.68. The van der Waals surface area contributed by atoms with Crippen molar-refractivity contribution in [3.8, 4) is 16.9 Å². The molecule has 5 nitrogen and oxygen atoms in total. The minimum atomic E-state index is -0.129. The molecule has 4 aromatic rings. The van der Waals surface area contributed by atoms with Crippen molar-refractivity contribution in [2.45, 2.75) is 11.9 Å². The highest BCUT2D eigenvalue weighted by Gasteiger charge is 2.36. The Morgan fingerprint density at radius 3 is 2.58 bits per heavy atom. The Hall–Kier alpha value is -3.09. The molecule has 5 rings (SSSR count). The van der Waals surface area contributed by atoms with Crippen LogP contribution < -0.4 is 0 Å². The van der Waals surface area contributed by atoms with Gasteiger partial charge in [0.25, 0.3) is 0 Å². The molecule has 7 heteroatoms. The molecule has 1 aliphatic rings. The Balaban J connectivity index is 1.58. The number of halogens is 1. The van der Waals surface area contributed by atoms with Crippen LogP contribution in [0.25, 0.3) is 16.9 Å². The highest BCUT2D eigenvalue weighted by molar-refractivity contribution is 8.00. The topological polar surface area (TPSA) is 51.0 Å². The number of pyridine rings is 1. The van der Waals surface area contributed by atoms with Crippen molar-refractivity contribution in [2.24, 2.45) is 0 Å². The highest BCUT2D eigenvalue weighted by Crippen LogP contribution is 2.43. The van der Waals surface area contributed by atoms with Crippen LogP contribution >= 0.6 is 23.4 Å². The Morgan fingerprint density at radius 1 is 1.03 bits per heavy atom. The number of aromatic nitrogens is 3. The second kappa shape index (κ2) is 8.57. The van der Waals surface area contributed by atoms with E-state index in [2.05, 4.69) is 4.98 Å². The lowest BCUT2D eigenvalue weighted by Crippen LogP contribution is -2.27. The standard InChI is InChI=1S/C24H19ClN4OS/c25-19-10-8-18(9-11-19)23-21(15-29(27-23)20-6-2-1-3-7-20)24-28(22(30)16-31-24)14-17-5-4-12-26-13-17/h1-13,15,24H,14,16H2/t24-/m1/s1. The summed E-state index contributed by atoms with van der Waals surface area (Å²) in [7, 11) is 0. The summed E-state index contributed by atoms with van der Waals surface area (Å²) in [4.78, 5) is 18.9. The summed E-state index contributed by atoms with van der Waals surface area (Å²) in [6.45, 7) is 0.515. The van der Waals surface area contributed by atoms with Crippen LogP contribution in [-0.2, 0) is 11.3 Å². The predicted octanol–water partition coefficient (Wildman–Crippen LogP) is 5.36. The van der Waals surface area contributed by atoms with E-state index in [1.54, 1.807) is 24.2 Å². The number of para-hydroxylation sites is 1. The number of thioether (sulfide) groups is 1. The molecular formula is C24H19ClN4OS. The van der Waals surface area contributed by atoms with Crippen molar-refractivity contribution in [3.05, 3.63) is 101 Å². The van der Waals surface area contributed by atoms with Gasteiger partial charge in [0.05, 0.1) is 17.1 Å². The molecule has 1 amide bonds. The van der Waals surface area contributed by atoms with E-state index in [0.717, 1.165) is 28.1 Å². The lowest BCUT2D eigenvalue weighted by atomic mass is 10.1. The normalized spacial score (nSPS) is 16.1. The minimum absolute atomic E-state index is 0.119. The average molecular weight is 447 g/mol. The van der Waals surface area contributed by atoms with Gasteiger partial charge < -0.3 is 4.90 Å². The first kappa shape index (κ1) is 19.8. The largest absolute Gasteiger partial charge is 0.321 e. The zero-order valence-electron chi connectivity index (χ0n) is 16.6. The molecule has 0 saturated carbocycles. The number of nitrogens with zero attached hydrogens (tertiary/aromatic N) is 4. The zero-order chi connectivity index (χ0) is 21.2. The maximum absolute atomic E-state index is 12.8. The van der Waals surface area contributed by atoms with E-state index >= 15 is 0 Å². The summed E-state index contributed by atoms with van der Waals surface area (Å²) in [5, 5.41) is 5.45. The molecule has 2 aromatic carbocycles. The van der Waals surface area contributed by atoms with E-state index in [9.17, 15) is 4.79 Å². The molecular weight excluding hydrogens is 428 g/mol. The Morgan fingerprint density at radius 2 is 1.84 bits per heavy atom. The van der Waals surface area contributed by atoms with Crippen molar-refractivity contribution in [3.63, 3.8) is 0 Å². The molecule has 1 atom stereocenters. The van der Waals surface area contributed by atoms with Crippen LogP contribution in [0.5, 0.6) is 0 Å². The third-order valence-electron chi connectivity index (χ3n) is 5.19. The third kappa shape index (κ3) is 4.09. The number of hydrogen-bond donors (Lipinski definition) is 0. The number of carbonyl (C=O) groups is 1. The van der Waals surface area contributed by atoms with Crippen LogP contribution in [0.2, 0.25) is 5.02 Å². The molecule has 3 heterocycles. The lowest BCUT2D eigenvalue weighted by molar-refractivity contribution is -0.128. The van der Waals surface area contributed by atoms with Crippen molar-refractivity contribution >= 4 is 29.3 Å². The quantitative estimate of drug-likeness (QED) is 0.414. The minimum Gasteiger partial charge on any atom is -0.321 e. The second-order valence-electron chi connectivity index (χ2n) is 7.27. The van der Waals surface area contributed by atoms with Gasteiger partial charge in [-0.1, -0.05) is 48.0 Å². The fourth-order valence-electron chi connectivity index (χ4n) is 3.68. The molecule has 1 saturated heterocycles. The maximum atomic E-state index is 12.8. The Labute approximate surface area is 189 Å². The summed E-state index contributed by atoms with van der Waals surface area (Å²) >= 11 is 7.74. The van der Waals surface area contributed by atoms with Gasteiger partial charge in [0.1, 0.15) is 5.37 Å². The van der Waals surface area contributed by atoms with Gasteiger partial charge in [-0.3, -0.25) is 9.78 Å². The van der Waals surface area contributed by atoms with E-state index in [1.165, 1.54) is 0 Å². The van der Waals surface area contributed by atoms with Gasteiger partial charge in [0, 0.05) is 41.3 Å².